The molecule has 4 nitrogen and oxygen atoms in total. The summed E-state index contributed by atoms with van der Waals surface area (Å²) in [6.07, 6.45) is 5.32. The Labute approximate surface area is 99.1 Å². The molecule has 0 heterocycles. The summed E-state index contributed by atoms with van der Waals surface area (Å²) in [5.74, 6) is 7.78. The Balaban J connectivity index is 2.32. The van der Waals surface area contributed by atoms with E-state index in [0.29, 0.717) is 12.0 Å². The van der Waals surface area contributed by atoms with Gasteiger partial charge in [-0.25, -0.2) is 5.84 Å². The van der Waals surface area contributed by atoms with Gasteiger partial charge in [0.05, 0.1) is 0 Å². The normalized spacial score (nSPS) is 26.9. The van der Waals surface area contributed by atoms with Crippen LogP contribution >= 0.6 is 0 Å². The van der Waals surface area contributed by atoms with Gasteiger partial charge < -0.3 is 5.32 Å². The van der Waals surface area contributed by atoms with E-state index >= 15 is 0 Å². The molecular weight excluding hydrogens is 200 g/mol. The molecule has 1 saturated carbocycles. The fourth-order valence-corrected chi connectivity index (χ4v) is 2.14. The predicted molar refractivity (Wildman–Crippen MR) is 69.0 cm³/mol. The average molecular weight is 226 g/mol. The fourth-order valence-electron chi connectivity index (χ4n) is 2.14. The van der Waals surface area contributed by atoms with E-state index < -0.39 is 0 Å². The molecule has 1 aliphatic rings. The Hall–Kier alpha value is -0.770. The van der Waals surface area contributed by atoms with Crippen LogP contribution in [0, 0.1) is 11.8 Å². The first-order valence-electron chi connectivity index (χ1n) is 6.39. The molecule has 0 spiro atoms. The lowest BCUT2D eigenvalue weighted by atomic mass is 9.83. The second-order valence-corrected chi connectivity index (χ2v) is 5.26. The zero-order valence-electron chi connectivity index (χ0n) is 10.8. The Morgan fingerprint density at radius 1 is 1.31 bits per heavy atom. The molecule has 1 fully saturated rings. The number of hydrogen-bond donors (Lipinski definition) is 3. The van der Waals surface area contributed by atoms with Crippen molar-refractivity contribution in [3.05, 3.63) is 0 Å². The molecule has 0 aromatic heterocycles. The van der Waals surface area contributed by atoms with Crippen molar-refractivity contribution < 1.29 is 0 Å². The van der Waals surface area contributed by atoms with Gasteiger partial charge in [-0.2, -0.15) is 0 Å². The highest BCUT2D eigenvalue weighted by atomic mass is 15.3. The van der Waals surface area contributed by atoms with Gasteiger partial charge in [-0.3, -0.25) is 10.4 Å². The van der Waals surface area contributed by atoms with Crippen molar-refractivity contribution in [3.8, 4) is 0 Å². The predicted octanol–water partition coefficient (Wildman–Crippen LogP) is 1.63. The number of hydrogen-bond acceptors (Lipinski definition) is 2. The van der Waals surface area contributed by atoms with Gasteiger partial charge in [-0.05, 0) is 38.5 Å². The van der Waals surface area contributed by atoms with Crippen molar-refractivity contribution in [3.63, 3.8) is 0 Å². The molecule has 0 amide bonds. The smallest absolute Gasteiger partial charge is 0.205 e. The van der Waals surface area contributed by atoms with Crippen LogP contribution in [-0.2, 0) is 0 Å². The maximum absolute atomic E-state index is 5.42. The van der Waals surface area contributed by atoms with Gasteiger partial charge >= 0.3 is 0 Å². The van der Waals surface area contributed by atoms with Crippen LogP contribution in [0.15, 0.2) is 4.99 Å². The van der Waals surface area contributed by atoms with Crippen LogP contribution in [-0.4, -0.2) is 18.5 Å². The first kappa shape index (κ1) is 13.3. The molecule has 0 aliphatic heterocycles. The number of hydrazine groups is 1. The molecule has 0 unspecified atom stereocenters. The summed E-state index contributed by atoms with van der Waals surface area (Å²) in [7, 11) is 0. The molecule has 0 aromatic carbocycles. The van der Waals surface area contributed by atoms with Crippen LogP contribution < -0.4 is 16.6 Å². The van der Waals surface area contributed by atoms with E-state index in [1.807, 2.05) is 0 Å². The topological polar surface area (TPSA) is 62.4 Å². The van der Waals surface area contributed by atoms with Crippen LogP contribution in [0.5, 0.6) is 0 Å². The molecule has 1 rings (SSSR count). The molecule has 94 valence electrons. The molecule has 0 atom stereocenters. The summed E-state index contributed by atoms with van der Waals surface area (Å²) in [6, 6.07) is 0.362. The maximum Gasteiger partial charge on any atom is 0.205 e. The van der Waals surface area contributed by atoms with E-state index in [-0.39, 0.29) is 0 Å². The van der Waals surface area contributed by atoms with Gasteiger partial charge in [0.2, 0.25) is 5.96 Å². The molecule has 0 radical (unpaired) electrons. The molecule has 16 heavy (non-hydrogen) atoms. The standard InChI is InChI=1S/C12H26N4/c1-9(2)15-12(16-13)14-8-11-6-4-10(3)5-7-11/h9-11H,4-8,13H2,1-3H3,(H2,14,15,16). The van der Waals surface area contributed by atoms with Gasteiger partial charge in [0.25, 0.3) is 0 Å². The lowest BCUT2D eigenvalue weighted by Gasteiger charge is -2.25. The van der Waals surface area contributed by atoms with Gasteiger partial charge in [-0.15, -0.1) is 0 Å². The van der Waals surface area contributed by atoms with E-state index in [2.05, 4.69) is 36.5 Å². The lowest BCUT2D eigenvalue weighted by molar-refractivity contribution is 0.296. The number of guanidine groups is 1. The Kier molecular flexibility index (Phi) is 5.60. The summed E-state index contributed by atoms with van der Waals surface area (Å²) < 4.78 is 0. The minimum atomic E-state index is 0.362. The third-order valence-corrected chi connectivity index (χ3v) is 3.21. The van der Waals surface area contributed by atoms with Crippen LogP contribution in [0.2, 0.25) is 0 Å². The number of rotatable bonds is 3. The van der Waals surface area contributed by atoms with E-state index in [0.717, 1.165) is 18.4 Å². The van der Waals surface area contributed by atoms with E-state index in [9.17, 15) is 0 Å². The second-order valence-electron chi connectivity index (χ2n) is 5.26. The first-order valence-corrected chi connectivity index (χ1v) is 6.39. The van der Waals surface area contributed by atoms with Crippen molar-refractivity contribution in [1.29, 1.82) is 0 Å². The quantitative estimate of drug-likeness (QED) is 0.297. The summed E-state index contributed by atoms with van der Waals surface area (Å²) in [5, 5.41) is 3.19. The SMILES string of the molecule is CC1CCC(CN=C(NN)NC(C)C)CC1. The number of aliphatic imine (C=N–C) groups is 1. The first-order chi connectivity index (χ1) is 7.61. The summed E-state index contributed by atoms with van der Waals surface area (Å²) in [4.78, 5) is 4.50. The number of nitrogens with zero attached hydrogens (tertiary/aromatic N) is 1. The van der Waals surface area contributed by atoms with Crippen LogP contribution in [0.3, 0.4) is 0 Å². The van der Waals surface area contributed by atoms with Crippen LogP contribution in [0.25, 0.3) is 0 Å². The van der Waals surface area contributed by atoms with Crippen molar-refractivity contribution in [1.82, 2.24) is 10.7 Å². The Morgan fingerprint density at radius 2 is 1.94 bits per heavy atom. The van der Waals surface area contributed by atoms with Gasteiger partial charge in [0.15, 0.2) is 0 Å². The van der Waals surface area contributed by atoms with Crippen LogP contribution in [0.1, 0.15) is 46.5 Å². The second kappa shape index (κ2) is 6.74. The third-order valence-electron chi connectivity index (χ3n) is 3.21. The third kappa shape index (κ3) is 4.84. The molecule has 0 saturated heterocycles. The van der Waals surface area contributed by atoms with Crippen LogP contribution in [0.4, 0.5) is 0 Å². The van der Waals surface area contributed by atoms with E-state index in [1.54, 1.807) is 0 Å². The van der Waals surface area contributed by atoms with Gasteiger partial charge in [0, 0.05) is 12.6 Å². The molecule has 0 aromatic rings. The zero-order valence-corrected chi connectivity index (χ0v) is 10.8. The van der Waals surface area contributed by atoms with Gasteiger partial charge in [0.1, 0.15) is 0 Å². The zero-order chi connectivity index (χ0) is 12.0. The van der Waals surface area contributed by atoms with Crippen molar-refractivity contribution in [2.45, 2.75) is 52.5 Å². The number of nitrogens with two attached hydrogens (primary N) is 1. The highest BCUT2D eigenvalue weighted by Crippen LogP contribution is 2.28. The fraction of sp³-hybridized carbons (Fsp3) is 0.917. The molecule has 4 N–H and O–H groups in total. The minimum absolute atomic E-state index is 0.362. The molecule has 4 heteroatoms. The Bertz CT molecular complexity index is 217. The highest BCUT2D eigenvalue weighted by Gasteiger charge is 2.17. The summed E-state index contributed by atoms with van der Waals surface area (Å²) in [5.41, 5.74) is 2.62. The summed E-state index contributed by atoms with van der Waals surface area (Å²) >= 11 is 0. The van der Waals surface area contributed by atoms with Gasteiger partial charge in [-0.1, -0.05) is 19.8 Å². The monoisotopic (exact) mass is 226 g/mol. The highest BCUT2D eigenvalue weighted by molar-refractivity contribution is 5.79. The Morgan fingerprint density at radius 3 is 2.44 bits per heavy atom. The number of nitrogens with one attached hydrogen (secondary N) is 2. The van der Waals surface area contributed by atoms with Crippen molar-refractivity contribution in [2.24, 2.45) is 22.7 Å². The van der Waals surface area contributed by atoms with Crippen molar-refractivity contribution >= 4 is 5.96 Å². The molecule has 1 aliphatic carbocycles. The van der Waals surface area contributed by atoms with E-state index in [4.69, 9.17) is 5.84 Å². The molecular formula is C12H26N4. The van der Waals surface area contributed by atoms with Crippen molar-refractivity contribution in [2.75, 3.05) is 6.54 Å². The lowest BCUT2D eigenvalue weighted by Crippen LogP contribution is -2.44. The van der Waals surface area contributed by atoms with E-state index in [1.165, 1.54) is 25.7 Å². The minimum Gasteiger partial charge on any atom is -0.353 e. The maximum atomic E-state index is 5.42. The largest absolute Gasteiger partial charge is 0.353 e. The molecule has 0 bridgehead atoms. The average Bonchev–Trinajstić information content (AvgIpc) is 2.26. The summed E-state index contributed by atoms with van der Waals surface area (Å²) in [6.45, 7) is 7.39.